The van der Waals surface area contributed by atoms with Gasteiger partial charge in [-0.05, 0) is 43.7 Å². The van der Waals surface area contributed by atoms with E-state index in [0.29, 0.717) is 22.3 Å². The van der Waals surface area contributed by atoms with Crippen LogP contribution in [-0.2, 0) is 19.4 Å². The molecule has 5 rings (SSSR count). The summed E-state index contributed by atoms with van der Waals surface area (Å²) >= 11 is 1.33. The van der Waals surface area contributed by atoms with E-state index in [4.69, 9.17) is 15.6 Å². The van der Waals surface area contributed by atoms with E-state index in [9.17, 15) is 22.8 Å². The van der Waals surface area contributed by atoms with E-state index in [1.54, 1.807) is 36.6 Å². The average molecular weight is 596 g/mol. The van der Waals surface area contributed by atoms with Crippen molar-refractivity contribution in [1.82, 2.24) is 15.5 Å². The molecule has 3 atom stereocenters. The van der Waals surface area contributed by atoms with Crippen LogP contribution in [0.2, 0.25) is 0 Å². The van der Waals surface area contributed by atoms with Gasteiger partial charge in [-0.2, -0.15) is 0 Å². The molecular weight excluding hydrogens is 566 g/mol. The van der Waals surface area contributed by atoms with Crippen LogP contribution in [0.4, 0.5) is 0 Å². The van der Waals surface area contributed by atoms with Crippen molar-refractivity contribution in [2.75, 3.05) is 19.3 Å². The van der Waals surface area contributed by atoms with Gasteiger partial charge in [0.05, 0.1) is 17.8 Å². The van der Waals surface area contributed by atoms with Crippen molar-refractivity contribution in [2.24, 2.45) is 5.73 Å². The Morgan fingerprint density at radius 2 is 1.85 bits per heavy atom. The van der Waals surface area contributed by atoms with Gasteiger partial charge in [0.2, 0.25) is 11.8 Å². The maximum atomic E-state index is 13.3. The van der Waals surface area contributed by atoms with Crippen LogP contribution >= 0.6 is 11.3 Å². The number of furan rings is 1. The van der Waals surface area contributed by atoms with Crippen molar-refractivity contribution in [3.8, 4) is 0 Å². The van der Waals surface area contributed by atoms with Crippen molar-refractivity contribution in [1.29, 1.82) is 5.41 Å². The summed E-state index contributed by atoms with van der Waals surface area (Å²) in [4.78, 5) is 41.4. The lowest BCUT2D eigenvalue weighted by molar-refractivity contribution is -0.137. The highest BCUT2D eigenvalue weighted by atomic mass is 32.2. The molecule has 214 valence electrons. The van der Waals surface area contributed by atoms with Crippen LogP contribution in [-0.4, -0.2) is 67.5 Å². The molecule has 0 saturated carbocycles. The maximum absolute atomic E-state index is 13.3. The molecule has 11 nitrogen and oxygen atoms in total. The van der Waals surface area contributed by atoms with Crippen molar-refractivity contribution in [3.63, 3.8) is 0 Å². The molecule has 41 heavy (non-hydrogen) atoms. The summed E-state index contributed by atoms with van der Waals surface area (Å²) in [5.74, 6) is -1.65. The first-order valence-corrected chi connectivity index (χ1v) is 15.7. The van der Waals surface area contributed by atoms with E-state index in [1.807, 2.05) is 24.3 Å². The van der Waals surface area contributed by atoms with E-state index < -0.39 is 51.4 Å². The number of sulfone groups is 1. The Kier molecular flexibility index (Phi) is 7.58. The van der Waals surface area contributed by atoms with Gasteiger partial charge in [-0.15, -0.1) is 11.3 Å². The molecule has 0 radical (unpaired) electrons. The summed E-state index contributed by atoms with van der Waals surface area (Å²) in [7, 11) is -3.54. The number of rotatable bonds is 8. The second-order valence-corrected chi connectivity index (χ2v) is 13.4. The molecule has 5 N–H and O–H groups in total. The lowest BCUT2D eigenvalue weighted by atomic mass is 10.1. The highest BCUT2D eigenvalue weighted by molar-refractivity contribution is 7.91. The van der Waals surface area contributed by atoms with Gasteiger partial charge in [0.1, 0.15) is 23.0 Å². The molecule has 2 aromatic carbocycles. The van der Waals surface area contributed by atoms with Crippen molar-refractivity contribution < 1.29 is 27.2 Å². The van der Waals surface area contributed by atoms with E-state index in [2.05, 4.69) is 10.6 Å². The molecule has 3 amide bonds. The largest absolute Gasteiger partial charge is 0.456 e. The predicted octanol–water partition coefficient (Wildman–Crippen LogP) is 2.55. The summed E-state index contributed by atoms with van der Waals surface area (Å²) < 4.78 is 30.5. The lowest BCUT2D eigenvalue weighted by Crippen LogP contribution is -2.49. The molecule has 1 unspecified atom stereocenters. The Labute approximate surface area is 240 Å². The zero-order valence-corrected chi connectivity index (χ0v) is 24.0. The Balaban J connectivity index is 1.28. The number of hydrogen-bond acceptors (Lipinski definition) is 8. The Hall–Kier alpha value is -4.23. The molecular formula is C28H29N5O6S2. The van der Waals surface area contributed by atoms with Gasteiger partial charge < -0.3 is 25.7 Å². The molecule has 1 aliphatic heterocycles. The molecule has 3 heterocycles. The fourth-order valence-electron chi connectivity index (χ4n) is 4.96. The number of nitrogens with zero attached hydrogens (tertiary/aromatic N) is 1. The van der Waals surface area contributed by atoms with E-state index in [0.717, 1.165) is 21.9 Å². The number of amidine groups is 1. The summed E-state index contributed by atoms with van der Waals surface area (Å²) in [5.41, 5.74) is 7.73. The monoisotopic (exact) mass is 595 g/mol. The molecule has 4 aromatic rings. The second-order valence-electron chi connectivity index (χ2n) is 10.1. The molecule has 2 aromatic heterocycles. The highest BCUT2D eigenvalue weighted by Crippen LogP contribution is 2.29. The van der Waals surface area contributed by atoms with Gasteiger partial charge in [-0.25, -0.2) is 8.42 Å². The smallest absolute Gasteiger partial charge is 0.251 e. The zero-order valence-electron chi connectivity index (χ0n) is 22.3. The topological polar surface area (TPSA) is 176 Å². The van der Waals surface area contributed by atoms with Gasteiger partial charge in [-0.3, -0.25) is 19.8 Å². The van der Waals surface area contributed by atoms with E-state index in [-0.39, 0.29) is 18.8 Å². The minimum absolute atomic E-state index is 0.0512. The van der Waals surface area contributed by atoms with Crippen LogP contribution in [0.25, 0.3) is 21.9 Å². The quantitative estimate of drug-likeness (QED) is 0.179. The van der Waals surface area contributed by atoms with Gasteiger partial charge >= 0.3 is 0 Å². The standard InChI is InChI=1S/C28H29N5O6S2/c1-15(24-10-17(14-40-24)26(29)30)32-28(36)21-11-18(41(2,37)38)13-33(21)25(34)12-31-27(35)16-7-8-23-20(9-16)19-5-3-4-6-22(19)39-23/h3-10,14-15,18,21H,11-13H2,1-2H3,(H3,29,30)(H,31,35)(H,32,36)/t15?,18-,21+/m1/s1. The maximum Gasteiger partial charge on any atom is 0.251 e. The fourth-order valence-corrected chi connectivity index (χ4v) is 6.84. The van der Waals surface area contributed by atoms with Crippen molar-refractivity contribution >= 4 is 66.7 Å². The molecule has 0 spiro atoms. The summed E-state index contributed by atoms with van der Waals surface area (Å²) in [6.45, 7) is 1.19. The molecule has 13 heteroatoms. The number of carbonyl (C=O) groups is 3. The van der Waals surface area contributed by atoms with Crippen LogP contribution < -0.4 is 16.4 Å². The number of benzene rings is 2. The molecule has 1 saturated heterocycles. The number of nitrogen functional groups attached to an aromatic ring is 1. The number of amides is 3. The van der Waals surface area contributed by atoms with Crippen LogP contribution in [0.1, 0.15) is 40.2 Å². The number of likely N-dealkylation sites (tertiary alicyclic amines) is 1. The summed E-state index contributed by atoms with van der Waals surface area (Å²) in [5, 5.41) is 15.4. The normalized spacial score (nSPS) is 18.0. The summed E-state index contributed by atoms with van der Waals surface area (Å²) in [6, 6.07) is 12.7. The van der Waals surface area contributed by atoms with Gasteiger partial charge in [0.15, 0.2) is 9.84 Å². The molecule has 1 fully saturated rings. The number of hydrogen-bond donors (Lipinski definition) is 4. The van der Waals surface area contributed by atoms with Gasteiger partial charge in [0.25, 0.3) is 5.91 Å². The van der Waals surface area contributed by atoms with Crippen molar-refractivity contribution in [3.05, 3.63) is 69.9 Å². The van der Waals surface area contributed by atoms with E-state index in [1.165, 1.54) is 16.2 Å². The van der Waals surface area contributed by atoms with Crippen LogP contribution in [0, 0.1) is 5.41 Å². The summed E-state index contributed by atoms with van der Waals surface area (Å²) in [6.07, 6.45) is 1.03. The number of nitrogens with one attached hydrogen (secondary N) is 3. The lowest BCUT2D eigenvalue weighted by Gasteiger charge is -2.25. The average Bonchev–Trinajstić information content (AvgIpc) is 3.68. The SMILES string of the molecule is CC(NC(=O)[C@@H]1C[C@@H](S(C)(=O)=O)CN1C(=O)CNC(=O)c1ccc2oc3ccccc3c2c1)c1cc(C(=N)N)cs1. The number of fused-ring (bicyclic) bond motifs is 3. The minimum atomic E-state index is -3.54. The number of carbonyl (C=O) groups excluding carboxylic acids is 3. The third-order valence-corrected chi connectivity index (χ3v) is 9.91. The second kappa shape index (κ2) is 11.0. The Morgan fingerprint density at radius 3 is 2.56 bits per heavy atom. The first-order chi connectivity index (χ1) is 19.4. The predicted molar refractivity (Wildman–Crippen MR) is 157 cm³/mol. The number of nitrogens with two attached hydrogens (primary N) is 1. The molecule has 0 bridgehead atoms. The van der Waals surface area contributed by atoms with Gasteiger partial charge in [0, 0.05) is 45.0 Å². The Morgan fingerprint density at radius 1 is 1.12 bits per heavy atom. The first kappa shape index (κ1) is 28.3. The third kappa shape index (κ3) is 5.81. The van der Waals surface area contributed by atoms with Crippen LogP contribution in [0.3, 0.4) is 0 Å². The number of thiophene rings is 1. The van der Waals surface area contributed by atoms with Crippen LogP contribution in [0.5, 0.6) is 0 Å². The zero-order chi connectivity index (χ0) is 29.5. The minimum Gasteiger partial charge on any atom is -0.456 e. The fraction of sp³-hybridized carbons (Fsp3) is 0.286. The molecule has 0 aliphatic carbocycles. The Bertz CT molecular complexity index is 1790. The highest BCUT2D eigenvalue weighted by Gasteiger charge is 2.43. The third-order valence-electron chi connectivity index (χ3n) is 7.25. The van der Waals surface area contributed by atoms with E-state index >= 15 is 0 Å². The first-order valence-electron chi connectivity index (χ1n) is 12.8. The van der Waals surface area contributed by atoms with Crippen LogP contribution in [0.15, 0.2) is 58.3 Å². The van der Waals surface area contributed by atoms with Crippen molar-refractivity contribution in [2.45, 2.75) is 30.7 Å². The number of para-hydroxylation sites is 1. The van der Waals surface area contributed by atoms with Gasteiger partial charge in [-0.1, -0.05) is 18.2 Å². The molecule has 1 aliphatic rings.